The van der Waals surface area contributed by atoms with Gasteiger partial charge in [-0.2, -0.15) is 0 Å². The Kier molecular flexibility index (Phi) is 7.65. The van der Waals surface area contributed by atoms with Crippen LogP contribution < -0.4 is 10.2 Å². The van der Waals surface area contributed by atoms with Gasteiger partial charge < -0.3 is 15.1 Å². The molecule has 0 bridgehead atoms. The molecule has 2 rings (SSSR count). The molecule has 0 radical (unpaired) electrons. The number of halogens is 1. The van der Waals surface area contributed by atoms with E-state index in [0.717, 1.165) is 33.5 Å². The van der Waals surface area contributed by atoms with Crippen molar-refractivity contribution >= 4 is 33.4 Å². The number of hydrogen-bond acceptors (Lipinski definition) is 2. The molecule has 1 fully saturated rings. The Hall–Kier alpha value is -1.40. The predicted octanol–water partition coefficient (Wildman–Crippen LogP) is 2.39. The topological polar surface area (TPSA) is 53.9 Å². The van der Waals surface area contributed by atoms with Crippen molar-refractivity contribution in [3.63, 3.8) is 0 Å². The Morgan fingerprint density at radius 1 is 1.31 bits per heavy atom. The number of amides is 2. The van der Waals surface area contributed by atoms with E-state index in [1.807, 2.05) is 51.0 Å². The molecule has 0 heterocycles. The van der Waals surface area contributed by atoms with Crippen LogP contribution in [-0.4, -0.2) is 49.4 Å². The van der Waals surface area contributed by atoms with Gasteiger partial charge in [-0.15, -0.1) is 0 Å². The fraction of sp³-hybridized carbons (Fsp3) is 0.600. The molecule has 2 atom stereocenters. The first-order chi connectivity index (χ1) is 12.3. The molecule has 1 unspecified atom stereocenters. The van der Waals surface area contributed by atoms with Crippen molar-refractivity contribution in [2.75, 3.05) is 26.0 Å². The standard InChI is InChI=1S/C20H30BrN3O2/c1-14-12-16(21)10-11-18(14)22-19(25)13-23(3)15(2)20(26)24(4)17-8-6-5-7-9-17/h10-12,15,17H,5-9,13H2,1-4H3,(H,22,25)/p+1/t15-/m0/s1. The molecule has 0 aliphatic heterocycles. The third kappa shape index (κ3) is 5.55. The Bertz CT molecular complexity index is 644. The van der Waals surface area contributed by atoms with E-state index in [1.165, 1.54) is 19.3 Å². The van der Waals surface area contributed by atoms with Gasteiger partial charge in [-0.25, -0.2) is 0 Å². The summed E-state index contributed by atoms with van der Waals surface area (Å²) in [6.45, 7) is 4.14. The van der Waals surface area contributed by atoms with E-state index in [0.29, 0.717) is 6.04 Å². The van der Waals surface area contributed by atoms with Gasteiger partial charge in [-0.05, 0) is 50.5 Å². The zero-order chi connectivity index (χ0) is 19.3. The molecule has 1 aromatic rings. The SMILES string of the molecule is Cc1cc(Br)ccc1NC(=O)C[NH+](C)[C@@H](C)C(=O)N(C)C1CCCCC1. The van der Waals surface area contributed by atoms with Crippen LogP contribution in [0.1, 0.15) is 44.6 Å². The van der Waals surface area contributed by atoms with Crippen molar-refractivity contribution in [2.24, 2.45) is 0 Å². The van der Waals surface area contributed by atoms with Crippen molar-refractivity contribution in [2.45, 2.75) is 58.0 Å². The fourth-order valence-electron chi connectivity index (χ4n) is 3.53. The molecule has 0 saturated heterocycles. The zero-order valence-corrected chi connectivity index (χ0v) is 17.9. The van der Waals surface area contributed by atoms with Crippen LogP contribution in [0.5, 0.6) is 0 Å². The van der Waals surface area contributed by atoms with E-state index < -0.39 is 0 Å². The molecule has 0 aromatic heterocycles. The smallest absolute Gasteiger partial charge is 0.280 e. The molecule has 1 aromatic carbocycles. The number of benzene rings is 1. The van der Waals surface area contributed by atoms with Crippen LogP contribution in [0.4, 0.5) is 5.69 Å². The second-order valence-corrected chi connectivity index (χ2v) is 8.41. The number of carbonyl (C=O) groups excluding carboxylic acids is 2. The van der Waals surface area contributed by atoms with Gasteiger partial charge >= 0.3 is 0 Å². The molecule has 1 aliphatic carbocycles. The Morgan fingerprint density at radius 2 is 1.96 bits per heavy atom. The molecule has 26 heavy (non-hydrogen) atoms. The zero-order valence-electron chi connectivity index (χ0n) is 16.3. The first-order valence-corrected chi connectivity index (χ1v) is 10.2. The fourth-order valence-corrected chi connectivity index (χ4v) is 4.01. The van der Waals surface area contributed by atoms with E-state index in [4.69, 9.17) is 0 Å². The molecule has 1 saturated carbocycles. The van der Waals surface area contributed by atoms with Crippen LogP contribution >= 0.6 is 15.9 Å². The van der Waals surface area contributed by atoms with Gasteiger partial charge in [0.1, 0.15) is 0 Å². The van der Waals surface area contributed by atoms with Crippen LogP contribution in [0.2, 0.25) is 0 Å². The maximum absolute atomic E-state index is 12.8. The summed E-state index contributed by atoms with van der Waals surface area (Å²) >= 11 is 3.43. The van der Waals surface area contributed by atoms with Gasteiger partial charge in [0.2, 0.25) is 0 Å². The number of rotatable bonds is 6. The van der Waals surface area contributed by atoms with Gasteiger partial charge in [-0.3, -0.25) is 9.59 Å². The van der Waals surface area contributed by atoms with Gasteiger partial charge in [0, 0.05) is 23.2 Å². The summed E-state index contributed by atoms with van der Waals surface area (Å²) in [6.07, 6.45) is 5.87. The quantitative estimate of drug-likeness (QED) is 0.736. The summed E-state index contributed by atoms with van der Waals surface area (Å²) in [7, 11) is 3.82. The van der Waals surface area contributed by atoms with Crippen molar-refractivity contribution in [3.05, 3.63) is 28.2 Å². The van der Waals surface area contributed by atoms with Crippen LogP contribution in [0.15, 0.2) is 22.7 Å². The lowest BCUT2D eigenvalue weighted by atomic mass is 9.94. The van der Waals surface area contributed by atoms with Crippen LogP contribution in [0, 0.1) is 6.92 Å². The number of aryl methyl sites for hydroxylation is 1. The maximum Gasteiger partial charge on any atom is 0.280 e. The maximum atomic E-state index is 12.8. The molecular weight excluding hydrogens is 394 g/mol. The highest BCUT2D eigenvalue weighted by Crippen LogP contribution is 2.22. The van der Waals surface area contributed by atoms with Gasteiger partial charge in [0.05, 0.1) is 7.05 Å². The second-order valence-electron chi connectivity index (χ2n) is 7.49. The molecule has 0 spiro atoms. The van der Waals surface area contributed by atoms with Crippen LogP contribution in [-0.2, 0) is 9.59 Å². The summed E-state index contributed by atoms with van der Waals surface area (Å²) in [6, 6.07) is 5.88. The van der Waals surface area contributed by atoms with Crippen LogP contribution in [0.3, 0.4) is 0 Å². The minimum Gasteiger partial charge on any atom is -0.338 e. The van der Waals surface area contributed by atoms with E-state index in [1.54, 1.807) is 0 Å². The molecule has 2 amide bonds. The Labute approximate surface area is 165 Å². The average molecular weight is 425 g/mol. The second kappa shape index (κ2) is 9.51. The van der Waals surface area contributed by atoms with Gasteiger partial charge in [0.25, 0.3) is 11.8 Å². The molecular formula is C20H31BrN3O2+. The lowest BCUT2D eigenvalue weighted by molar-refractivity contribution is -0.886. The van der Waals surface area contributed by atoms with E-state index in [2.05, 4.69) is 21.2 Å². The molecule has 1 aliphatic rings. The summed E-state index contributed by atoms with van der Waals surface area (Å²) in [5.74, 6) is 0.0508. The summed E-state index contributed by atoms with van der Waals surface area (Å²) < 4.78 is 0.987. The Morgan fingerprint density at radius 3 is 2.58 bits per heavy atom. The largest absolute Gasteiger partial charge is 0.338 e. The van der Waals surface area contributed by atoms with Crippen molar-refractivity contribution in [3.8, 4) is 0 Å². The molecule has 5 nitrogen and oxygen atoms in total. The summed E-state index contributed by atoms with van der Waals surface area (Å²) in [4.78, 5) is 28.0. The van der Waals surface area contributed by atoms with E-state index >= 15 is 0 Å². The molecule has 6 heteroatoms. The number of anilines is 1. The van der Waals surface area contributed by atoms with Crippen molar-refractivity contribution < 1.29 is 14.5 Å². The third-order valence-electron chi connectivity index (χ3n) is 5.48. The van der Waals surface area contributed by atoms with E-state index in [-0.39, 0.29) is 24.4 Å². The Balaban J connectivity index is 1.89. The number of nitrogens with zero attached hydrogens (tertiary/aromatic N) is 1. The van der Waals surface area contributed by atoms with Crippen molar-refractivity contribution in [1.29, 1.82) is 0 Å². The summed E-state index contributed by atoms with van der Waals surface area (Å²) in [5, 5.41) is 2.95. The predicted molar refractivity (Wildman–Crippen MR) is 108 cm³/mol. The highest BCUT2D eigenvalue weighted by molar-refractivity contribution is 9.10. The lowest BCUT2D eigenvalue weighted by Crippen LogP contribution is -3.15. The molecule has 2 N–H and O–H groups in total. The van der Waals surface area contributed by atoms with E-state index in [9.17, 15) is 9.59 Å². The minimum atomic E-state index is -0.237. The number of likely N-dealkylation sites (N-methyl/N-ethyl adjacent to an activating group) is 2. The number of hydrogen-bond donors (Lipinski definition) is 2. The normalized spacial score (nSPS) is 17.4. The van der Waals surface area contributed by atoms with Crippen LogP contribution in [0.25, 0.3) is 0 Å². The number of quaternary nitrogens is 1. The highest BCUT2D eigenvalue weighted by atomic mass is 79.9. The highest BCUT2D eigenvalue weighted by Gasteiger charge is 2.30. The number of nitrogens with one attached hydrogen (secondary N) is 2. The first-order valence-electron chi connectivity index (χ1n) is 9.44. The average Bonchev–Trinajstić information content (AvgIpc) is 2.62. The lowest BCUT2D eigenvalue weighted by Gasteiger charge is -2.33. The monoisotopic (exact) mass is 424 g/mol. The molecule has 144 valence electrons. The van der Waals surface area contributed by atoms with Gasteiger partial charge in [-0.1, -0.05) is 35.2 Å². The number of carbonyl (C=O) groups is 2. The first kappa shape index (κ1) is 20.9. The summed E-state index contributed by atoms with van der Waals surface area (Å²) in [5.41, 5.74) is 1.82. The third-order valence-corrected chi connectivity index (χ3v) is 5.97. The van der Waals surface area contributed by atoms with Crippen molar-refractivity contribution in [1.82, 2.24) is 4.90 Å². The van der Waals surface area contributed by atoms with Gasteiger partial charge in [0.15, 0.2) is 12.6 Å². The minimum absolute atomic E-state index is 0.0760.